The molecule has 3 aromatic rings. The smallest absolute Gasteiger partial charge is 1.00 e. The van der Waals surface area contributed by atoms with Crippen LogP contribution in [0.15, 0.2) is 72.8 Å². The maximum Gasteiger partial charge on any atom is 1.00 e. The molecule has 0 aliphatic carbocycles. The predicted octanol–water partition coefficient (Wildman–Crippen LogP) is -3.31. The molecular formula is C16H14Br3K2N7O3. The molecule has 154 valence electrons. The average molecular weight is 670 g/mol. The molecular weight excluding hydrogens is 656 g/mol. The molecule has 31 heavy (non-hydrogen) atoms. The van der Waals surface area contributed by atoms with E-state index in [0.29, 0.717) is 0 Å². The van der Waals surface area contributed by atoms with Crippen molar-refractivity contribution >= 4 is 66.8 Å². The molecule has 0 spiro atoms. The van der Waals surface area contributed by atoms with Crippen molar-refractivity contribution in [3.8, 4) is 5.82 Å². The molecule has 3 aromatic heterocycles. The van der Waals surface area contributed by atoms with Gasteiger partial charge in [-0.25, -0.2) is 24.6 Å². The summed E-state index contributed by atoms with van der Waals surface area (Å²) in [6.07, 6.45) is 9.86. The maximum atomic E-state index is 8.64. The molecule has 0 bridgehead atoms. The Morgan fingerprint density at radius 1 is 1.06 bits per heavy atom. The van der Waals surface area contributed by atoms with E-state index in [0.717, 1.165) is 25.9 Å². The summed E-state index contributed by atoms with van der Waals surface area (Å²) in [5.41, 5.74) is 0. The molecule has 0 amide bonds. The Morgan fingerprint density at radius 3 is 2.03 bits per heavy atom. The van der Waals surface area contributed by atoms with Crippen LogP contribution in [0.2, 0.25) is 0 Å². The maximum absolute atomic E-state index is 8.64. The topological polar surface area (TPSA) is 131 Å². The van der Waals surface area contributed by atoms with Crippen LogP contribution in [0.25, 0.3) is 5.82 Å². The molecule has 10 nitrogen and oxygen atoms in total. The average Bonchev–Trinajstić information content (AvgIpc) is 3.48. The van der Waals surface area contributed by atoms with Crippen molar-refractivity contribution in [2.75, 3.05) is 6.54 Å². The molecule has 0 atom stereocenters. The molecule has 4 heterocycles. The summed E-state index contributed by atoms with van der Waals surface area (Å²) in [6, 6.07) is 7.57. The van der Waals surface area contributed by atoms with Gasteiger partial charge in [0.15, 0.2) is 5.82 Å². The second kappa shape index (κ2) is 22.7. The first kappa shape index (κ1) is 34.1. The van der Waals surface area contributed by atoms with Gasteiger partial charge < -0.3 is 11.6 Å². The number of aromatic nitrogens is 5. The van der Waals surface area contributed by atoms with E-state index in [9.17, 15) is 0 Å². The summed E-state index contributed by atoms with van der Waals surface area (Å²) in [6.45, 7) is 0.597. The van der Waals surface area contributed by atoms with Crippen LogP contribution in [0.3, 0.4) is 0 Å². The third-order valence-electron chi connectivity index (χ3n) is 2.54. The summed E-state index contributed by atoms with van der Waals surface area (Å²) < 4.78 is 4.42. The van der Waals surface area contributed by atoms with Gasteiger partial charge in [-0.1, -0.05) is 0 Å². The van der Waals surface area contributed by atoms with Crippen molar-refractivity contribution in [1.82, 2.24) is 24.7 Å². The normalized spacial score (nSPS) is 9.81. The first-order valence-electron chi connectivity index (χ1n) is 7.52. The van der Waals surface area contributed by atoms with Gasteiger partial charge >= 0.3 is 103 Å². The van der Waals surface area contributed by atoms with E-state index in [1.165, 1.54) is 6.33 Å². The predicted molar refractivity (Wildman–Crippen MR) is 117 cm³/mol. The zero-order valence-electron chi connectivity index (χ0n) is 17.5. The van der Waals surface area contributed by atoms with Crippen molar-refractivity contribution in [3.63, 3.8) is 0 Å². The number of hydrogen-bond acceptors (Lipinski definition) is 9. The van der Waals surface area contributed by atoms with Crippen molar-refractivity contribution in [2.24, 2.45) is 9.98 Å². The largest absolute Gasteiger partial charge is 1.00 e. The second-order valence-electron chi connectivity index (χ2n) is 4.48. The van der Waals surface area contributed by atoms with Gasteiger partial charge in [-0.3, -0.25) is 9.79 Å². The van der Waals surface area contributed by atoms with E-state index in [4.69, 9.17) is 10.1 Å². The first-order valence-corrected chi connectivity index (χ1v) is 9.90. The van der Waals surface area contributed by atoms with E-state index in [1.54, 1.807) is 36.0 Å². The zero-order chi connectivity index (χ0) is 21.3. The van der Waals surface area contributed by atoms with Gasteiger partial charge in [-0.05, 0) is 72.1 Å². The van der Waals surface area contributed by atoms with Crippen LogP contribution in [-0.2, 0) is 9.68 Å². The second-order valence-corrected chi connectivity index (χ2v) is 7.12. The fourth-order valence-corrected chi connectivity index (χ4v) is 2.13. The van der Waals surface area contributed by atoms with Gasteiger partial charge in [0.2, 0.25) is 0 Å². The molecule has 0 saturated heterocycles. The Morgan fingerprint density at radius 2 is 1.71 bits per heavy atom. The number of nitrogens with zero attached hydrogens (tertiary/aromatic N) is 7. The van der Waals surface area contributed by atoms with Crippen molar-refractivity contribution < 1.29 is 119 Å². The number of halogens is 3. The van der Waals surface area contributed by atoms with Gasteiger partial charge in [0.25, 0.3) is 6.47 Å². The van der Waals surface area contributed by atoms with Gasteiger partial charge in [0.05, 0.1) is 6.54 Å². The molecule has 0 fully saturated rings. The van der Waals surface area contributed by atoms with Crippen molar-refractivity contribution in [3.05, 3.63) is 62.9 Å². The number of carbonyl (C=O) groups excluding carboxylic acids is 1. The summed E-state index contributed by atoms with van der Waals surface area (Å²) >= 11 is 9.78. The minimum atomic E-state index is -0.181. The van der Waals surface area contributed by atoms with Crippen LogP contribution in [0.1, 0.15) is 1.43 Å². The minimum absolute atomic E-state index is 0. The Labute approximate surface area is 290 Å². The number of rotatable bonds is 2. The van der Waals surface area contributed by atoms with Crippen LogP contribution in [0.5, 0.6) is 0 Å². The zero-order valence-corrected chi connectivity index (χ0v) is 27.6. The van der Waals surface area contributed by atoms with Crippen LogP contribution in [0.4, 0.5) is 0 Å². The Balaban J connectivity index is -0.000000370. The van der Waals surface area contributed by atoms with Gasteiger partial charge in [-0.2, -0.15) is 5.10 Å². The van der Waals surface area contributed by atoms with E-state index in [1.807, 2.05) is 24.3 Å². The van der Waals surface area contributed by atoms with Gasteiger partial charge in [0, 0.05) is 27.6 Å². The SMILES string of the molecule is Brc1ccc(-n2cncn2)nc1.Brc1ccc(Br)nc1.C1=NC=NC1.O=CO[O-].[H-].[K+].[K+]. The molecule has 0 aromatic carbocycles. The van der Waals surface area contributed by atoms with Crippen LogP contribution in [0, 0.1) is 0 Å². The third-order valence-corrected chi connectivity index (χ3v) is 3.94. The number of carbonyl (C=O) groups is 1. The minimum Gasteiger partial charge on any atom is -1.00 e. The first-order chi connectivity index (χ1) is 14.1. The molecule has 4 rings (SSSR count). The van der Waals surface area contributed by atoms with Crippen LogP contribution >= 0.6 is 47.8 Å². The van der Waals surface area contributed by atoms with E-state index in [2.05, 4.69) is 82.7 Å². The van der Waals surface area contributed by atoms with Gasteiger partial charge in [0.1, 0.15) is 23.6 Å². The molecule has 0 saturated carbocycles. The van der Waals surface area contributed by atoms with Crippen molar-refractivity contribution in [2.45, 2.75) is 0 Å². The molecule has 15 heteroatoms. The Bertz CT molecular complexity index is 860. The number of aliphatic imine (C=N–C) groups is 2. The summed E-state index contributed by atoms with van der Waals surface area (Å²) in [5, 5.41) is 12.4. The summed E-state index contributed by atoms with van der Waals surface area (Å²) in [4.78, 5) is 30.6. The molecule has 1 aliphatic heterocycles. The molecule has 0 unspecified atom stereocenters. The molecule has 1 aliphatic rings. The van der Waals surface area contributed by atoms with Crippen LogP contribution in [-0.4, -0.2) is 50.3 Å². The van der Waals surface area contributed by atoms with E-state index < -0.39 is 0 Å². The Hall–Kier alpha value is 0.923. The number of hydrogen-bond donors (Lipinski definition) is 0. The van der Waals surface area contributed by atoms with Gasteiger partial charge in [-0.15, -0.1) is 0 Å². The molecule has 0 radical (unpaired) electrons. The monoisotopic (exact) mass is 667 g/mol. The van der Waals surface area contributed by atoms with E-state index >= 15 is 0 Å². The fraction of sp³-hybridized carbons (Fsp3) is 0.0625. The summed E-state index contributed by atoms with van der Waals surface area (Å²) in [7, 11) is 0. The number of pyridine rings is 2. The summed E-state index contributed by atoms with van der Waals surface area (Å²) in [5.74, 6) is 0.760. The van der Waals surface area contributed by atoms with Crippen LogP contribution < -0.4 is 108 Å². The van der Waals surface area contributed by atoms with Crippen molar-refractivity contribution in [1.29, 1.82) is 0 Å². The standard InChI is InChI=1S/C7H5BrN4.C5H3Br2N.C3H4N2.CH2O3.2K.H/c8-6-1-2-7(10-3-6)12-5-9-4-11-12;6-4-1-2-5(7)8-3-4;1-2-5-3-4-1;2-1-4-3;;;/h1-5H;1-3H;1,3H,2H2;1,3H;;;/q;;;;2*+1;-1/p-1. The quantitative estimate of drug-likeness (QED) is 0.0919. The molecule has 0 N–H and O–H groups in total. The third kappa shape index (κ3) is 18.0. The van der Waals surface area contributed by atoms with E-state index in [-0.39, 0.29) is 111 Å². The fourth-order valence-electron chi connectivity index (χ4n) is 1.42. The Kier molecular flexibility index (Phi) is 25.0.